The predicted molar refractivity (Wildman–Crippen MR) is 98.1 cm³/mol. The van der Waals surface area contributed by atoms with Gasteiger partial charge in [-0.15, -0.1) is 0 Å². The zero-order valence-electron chi connectivity index (χ0n) is 14.9. The van der Waals surface area contributed by atoms with E-state index in [1.807, 2.05) is 0 Å². The van der Waals surface area contributed by atoms with Crippen LogP contribution in [-0.4, -0.2) is 71.0 Å². The number of methoxy groups -OCH3 is 1. The molecule has 1 aromatic carbocycles. The first-order valence-corrected chi connectivity index (χ1v) is 9.25. The van der Waals surface area contributed by atoms with Gasteiger partial charge in [-0.1, -0.05) is 0 Å². The van der Waals surface area contributed by atoms with E-state index in [4.69, 9.17) is 9.47 Å². The molecule has 1 saturated carbocycles. The molecule has 1 aliphatic heterocycles. The van der Waals surface area contributed by atoms with Crippen molar-refractivity contribution in [1.29, 1.82) is 0 Å². The third kappa shape index (κ3) is 5.65. The van der Waals surface area contributed by atoms with Crippen LogP contribution in [0.25, 0.3) is 0 Å². The number of nitrogens with zero attached hydrogens (tertiary/aromatic N) is 2. The van der Waals surface area contributed by atoms with E-state index in [2.05, 4.69) is 39.4 Å². The smallest absolute Gasteiger partial charge is 0.119 e. The normalized spacial score (nSPS) is 18.8. The molecule has 0 atom stereocenters. The monoisotopic (exact) mass is 333 g/mol. The van der Waals surface area contributed by atoms with Crippen LogP contribution in [0, 0.1) is 5.92 Å². The molecule has 0 aromatic heterocycles. The Labute approximate surface area is 145 Å². The maximum absolute atomic E-state index is 5.62. The summed E-state index contributed by atoms with van der Waals surface area (Å²) in [7, 11) is 1.69. The van der Waals surface area contributed by atoms with Gasteiger partial charge in [0, 0.05) is 52.1 Å². The average Bonchev–Trinajstić information content (AvgIpc) is 3.45. The van der Waals surface area contributed by atoms with E-state index in [0.717, 1.165) is 44.4 Å². The van der Waals surface area contributed by atoms with Crippen molar-refractivity contribution in [2.75, 3.05) is 71.0 Å². The first kappa shape index (κ1) is 17.5. The zero-order valence-corrected chi connectivity index (χ0v) is 14.9. The Morgan fingerprint density at radius 3 is 2.46 bits per heavy atom. The molecule has 0 amide bonds. The lowest BCUT2D eigenvalue weighted by atomic mass is 10.2. The molecule has 1 aliphatic carbocycles. The van der Waals surface area contributed by atoms with Crippen molar-refractivity contribution in [3.63, 3.8) is 0 Å². The van der Waals surface area contributed by atoms with Gasteiger partial charge in [-0.3, -0.25) is 4.90 Å². The van der Waals surface area contributed by atoms with Crippen molar-refractivity contribution >= 4 is 5.69 Å². The number of nitrogens with one attached hydrogen (secondary N) is 1. The van der Waals surface area contributed by atoms with Crippen LogP contribution in [0.5, 0.6) is 5.75 Å². The highest BCUT2D eigenvalue weighted by Gasteiger charge is 2.21. The minimum absolute atomic E-state index is 0.600. The number of benzene rings is 1. The predicted octanol–water partition coefficient (Wildman–Crippen LogP) is 1.83. The molecule has 3 rings (SSSR count). The highest BCUT2D eigenvalue weighted by Crippen LogP contribution is 2.27. The third-order valence-electron chi connectivity index (χ3n) is 4.87. The molecule has 1 aromatic rings. The van der Waals surface area contributed by atoms with E-state index in [0.29, 0.717) is 13.2 Å². The molecule has 1 saturated heterocycles. The van der Waals surface area contributed by atoms with Crippen LogP contribution in [-0.2, 0) is 4.74 Å². The fraction of sp³-hybridized carbons (Fsp3) is 0.684. The van der Waals surface area contributed by atoms with E-state index in [9.17, 15) is 0 Å². The zero-order chi connectivity index (χ0) is 16.6. The second kappa shape index (κ2) is 9.25. The van der Waals surface area contributed by atoms with E-state index in [1.54, 1.807) is 7.11 Å². The second-order valence-corrected chi connectivity index (χ2v) is 6.81. The van der Waals surface area contributed by atoms with Crippen molar-refractivity contribution < 1.29 is 9.47 Å². The molecule has 1 N–H and O–H groups in total. The van der Waals surface area contributed by atoms with Gasteiger partial charge in [0.05, 0.1) is 6.61 Å². The average molecular weight is 333 g/mol. The lowest BCUT2D eigenvalue weighted by molar-refractivity contribution is 0.146. The molecule has 24 heavy (non-hydrogen) atoms. The van der Waals surface area contributed by atoms with E-state index < -0.39 is 0 Å². The molecule has 0 bridgehead atoms. The quantitative estimate of drug-likeness (QED) is 0.661. The van der Waals surface area contributed by atoms with Crippen molar-refractivity contribution in [1.82, 2.24) is 10.2 Å². The third-order valence-corrected chi connectivity index (χ3v) is 4.87. The fourth-order valence-corrected chi connectivity index (χ4v) is 3.09. The van der Waals surface area contributed by atoms with Gasteiger partial charge in [-0.2, -0.15) is 0 Å². The highest BCUT2D eigenvalue weighted by atomic mass is 16.5. The Bertz CT molecular complexity index is 468. The summed E-state index contributed by atoms with van der Waals surface area (Å²) in [5.41, 5.74) is 1.29. The van der Waals surface area contributed by atoms with Gasteiger partial charge in [-0.05, 0) is 49.6 Å². The Morgan fingerprint density at radius 2 is 1.79 bits per heavy atom. The Morgan fingerprint density at radius 1 is 1.04 bits per heavy atom. The lowest BCUT2D eigenvalue weighted by Gasteiger charge is -2.36. The number of piperazine rings is 1. The fourth-order valence-electron chi connectivity index (χ4n) is 3.09. The maximum atomic E-state index is 5.62. The molecule has 0 spiro atoms. The SMILES string of the molecule is COCCOc1ccc(N2CCN(CCNCC3CC3)CC2)cc1. The number of hydrogen-bond donors (Lipinski definition) is 1. The van der Waals surface area contributed by atoms with Gasteiger partial charge in [0.15, 0.2) is 0 Å². The topological polar surface area (TPSA) is 37.0 Å². The largest absolute Gasteiger partial charge is 0.491 e. The summed E-state index contributed by atoms with van der Waals surface area (Å²) in [4.78, 5) is 5.03. The van der Waals surface area contributed by atoms with Crippen LogP contribution in [0.4, 0.5) is 5.69 Å². The summed E-state index contributed by atoms with van der Waals surface area (Å²) in [6.07, 6.45) is 2.86. The summed E-state index contributed by atoms with van der Waals surface area (Å²) in [6, 6.07) is 8.43. The van der Waals surface area contributed by atoms with Gasteiger partial charge >= 0.3 is 0 Å². The summed E-state index contributed by atoms with van der Waals surface area (Å²) in [5, 5.41) is 3.59. The molecule has 0 unspecified atom stereocenters. The van der Waals surface area contributed by atoms with Crippen LogP contribution in [0.15, 0.2) is 24.3 Å². The number of rotatable bonds is 10. The van der Waals surface area contributed by atoms with Crippen LogP contribution in [0.1, 0.15) is 12.8 Å². The summed E-state index contributed by atoms with van der Waals surface area (Å²) < 4.78 is 10.6. The summed E-state index contributed by atoms with van der Waals surface area (Å²) in [6.45, 7) is 9.26. The van der Waals surface area contributed by atoms with Crippen LogP contribution < -0.4 is 15.0 Å². The molecular weight excluding hydrogens is 302 g/mol. The Kier molecular flexibility index (Phi) is 6.75. The first-order chi connectivity index (χ1) is 11.8. The summed E-state index contributed by atoms with van der Waals surface area (Å²) >= 11 is 0. The standard InChI is InChI=1S/C19H31N3O2/c1-23-14-15-24-19-6-4-18(5-7-19)22-12-10-21(11-13-22)9-8-20-16-17-2-3-17/h4-7,17,20H,2-3,8-16H2,1H3. The minimum atomic E-state index is 0.600. The Balaban J connectivity index is 1.34. The molecule has 0 radical (unpaired) electrons. The van der Waals surface area contributed by atoms with Crippen molar-refractivity contribution in [2.24, 2.45) is 5.92 Å². The Hall–Kier alpha value is -1.30. The number of hydrogen-bond acceptors (Lipinski definition) is 5. The number of ether oxygens (including phenoxy) is 2. The van der Waals surface area contributed by atoms with Crippen LogP contribution >= 0.6 is 0 Å². The minimum Gasteiger partial charge on any atom is -0.491 e. The van der Waals surface area contributed by atoms with E-state index >= 15 is 0 Å². The maximum Gasteiger partial charge on any atom is 0.119 e. The summed E-state index contributed by atoms with van der Waals surface area (Å²) in [5.74, 6) is 1.89. The van der Waals surface area contributed by atoms with Gasteiger partial charge in [0.1, 0.15) is 12.4 Å². The van der Waals surface area contributed by atoms with Crippen LogP contribution in [0.3, 0.4) is 0 Å². The van der Waals surface area contributed by atoms with E-state index in [-0.39, 0.29) is 0 Å². The van der Waals surface area contributed by atoms with Gasteiger partial charge in [-0.25, -0.2) is 0 Å². The highest BCUT2D eigenvalue weighted by molar-refractivity contribution is 5.49. The van der Waals surface area contributed by atoms with Gasteiger partial charge in [0.25, 0.3) is 0 Å². The molecule has 5 heteroatoms. The van der Waals surface area contributed by atoms with Crippen molar-refractivity contribution in [3.05, 3.63) is 24.3 Å². The lowest BCUT2D eigenvalue weighted by Crippen LogP contribution is -2.48. The molecule has 2 fully saturated rings. The number of anilines is 1. The molecular formula is C19H31N3O2. The van der Waals surface area contributed by atoms with Crippen molar-refractivity contribution in [2.45, 2.75) is 12.8 Å². The van der Waals surface area contributed by atoms with E-state index in [1.165, 1.54) is 31.6 Å². The molecule has 1 heterocycles. The molecule has 5 nitrogen and oxygen atoms in total. The molecule has 134 valence electrons. The van der Waals surface area contributed by atoms with Gasteiger partial charge < -0.3 is 19.7 Å². The van der Waals surface area contributed by atoms with Crippen LogP contribution in [0.2, 0.25) is 0 Å². The first-order valence-electron chi connectivity index (χ1n) is 9.25. The van der Waals surface area contributed by atoms with Gasteiger partial charge in [0.2, 0.25) is 0 Å². The molecule has 2 aliphatic rings. The van der Waals surface area contributed by atoms with Crippen molar-refractivity contribution in [3.8, 4) is 5.75 Å². The second-order valence-electron chi connectivity index (χ2n) is 6.81.